The molecule has 2 rings (SSSR count). The Kier molecular flexibility index (Phi) is 6.03. The molecule has 1 unspecified atom stereocenters. The van der Waals surface area contributed by atoms with E-state index in [-0.39, 0.29) is 23.5 Å². The topological polar surface area (TPSA) is 44.3 Å². The van der Waals surface area contributed by atoms with Crippen molar-refractivity contribution in [2.75, 3.05) is 23.8 Å². The summed E-state index contributed by atoms with van der Waals surface area (Å²) in [6.07, 6.45) is -4.07. The number of aliphatic hydroxyl groups is 1. The molecule has 130 valence electrons. The highest BCUT2D eigenvalue weighted by Crippen LogP contribution is 2.36. The normalized spacial score (nSPS) is 12.7. The Morgan fingerprint density at radius 3 is 2.33 bits per heavy atom. The summed E-state index contributed by atoms with van der Waals surface area (Å²) in [6, 6.07) is 9.24. The van der Waals surface area contributed by atoms with Crippen LogP contribution >= 0.6 is 0 Å². The summed E-state index contributed by atoms with van der Waals surface area (Å²) < 4.78 is 53.8. The number of aliphatic hydroxyl groups excluding tert-OH is 1. The van der Waals surface area contributed by atoms with Gasteiger partial charge in [-0.05, 0) is 30.2 Å². The van der Waals surface area contributed by atoms with E-state index in [1.807, 2.05) is 0 Å². The quantitative estimate of drug-likeness (QED) is 0.518. The lowest BCUT2D eigenvalue weighted by atomic mass is 10.1. The largest absolute Gasteiger partial charge is 0.412 e. The number of rotatable bonds is 7. The van der Waals surface area contributed by atoms with Crippen LogP contribution in [0.4, 0.5) is 28.9 Å². The van der Waals surface area contributed by atoms with Gasteiger partial charge in [0.2, 0.25) is 0 Å². The van der Waals surface area contributed by atoms with Crippen LogP contribution in [0.1, 0.15) is 18.0 Å². The highest BCUT2D eigenvalue weighted by atomic mass is 19.4. The molecule has 2 aromatic rings. The van der Waals surface area contributed by atoms with Crippen LogP contribution in [0.15, 0.2) is 48.5 Å². The van der Waals surface area contributed by atoms with Gasteiger partial charge in [0.15, 0.2) is 0 Å². The van der Waals surface area contributed by atoms with Crippen molar-refractivity contribution in [3.63, 3.8) is 0 Å². The molecule has 0 amide bonds. The average molecular weight is 342 g/mol. The Bertz CT molecular complexity index is 647. The fraction of sp³-hybridized carbons (Fsp3) is 0.294. The Balaban J connectivity index is 2.16. The van der Waals surface area contributed by atoms with E-state index in [0.29, 0.717) is 13.0 Å². The molecular weight excluding hydrogens is 324 g/mol. The summed E-state index contributed by atoms with van der Waals surface area (Å²) in [6.45, 7) is 0.341. The van der Waals surface area contributed by atoms with Gasteiger partial charge in [-0.15, -0.1) is 0 Å². The maximum Gasteiger partial charge on any atom is 0.412 e. The van der Waals surface area contributed by atoms with Crippen molar-refractivity contribution in [2.45, 2.75) is 18.6 Å². The van der Waals surface area contributed by atoms with Crippen LogP contribution in [0.25, 0.3) is 0 Å². The molecule has 0 spiro atoms. The molecule has 3 nitrogen and oxygen atoms in total. The third-order valence-electron chi connectivity index (χ3n) is 3.39. The molecule has 0 radical (unpaired) electrons. The van der Waals surface area contributed by atoms with Gasteiger partial charge in [-0.1, -0.05) is 30.3 Å². The Morgan fingerprint density at radius 2 is 1.75 bits per heavy atom. The van der Waals surface area contributed by atoms with Gasteiger partial charge in [0.1, 0.15) is 11.9 Å². The lowest BCUT2D eigenvalue weighted by Crippen LogP contribution is -2.27. The zero-order valence-electron chi connectivity index (χ0n) is 12.8. The molecule has 24 heavy (non-hydrogen) atoms. The monoisotopic (exact) mass is 342 g/mol. The lowest BCUT2D eigenvalue weighted by Gasteiger charge is -2.23. The summed E-state index contributed by atoms with van der Waals surface area (Å²) in [5.41, 5.74) is 0.263. The molecule has 2 aromatic carbocycles. The second kappa shape index (κ2) is 8.01. The number of hydrogen-bond donors (Lipinski definition) is 3. The van der Waals surface area contributed by atoms with Gasteiger partial charge < -0.3 is 15.7 Å². The molecular formula is C17H18F4N2O. The summed E-state index contributed by atoms with van der Waals surface area (Å²) in [5.74, 6) is -0.660. The van der Waals surface area contributed by atoms with Crippen molar-refractivity contribution in [1.82, 2.24) is 0 Å². The van der Waals surface area contributed by atoms with Gasteiger partial charge in [0.25, 0.3) is 0 Å². The number of alkyl halides is 3. The van der Waals surface area contributed by atoms with E-state index in [1.54, 1.807) is 6.07 Å². The smallest absolute Gasteiger partial charge is 0.396 e. The van der Waals surface area contributed by atoms with E-state index in [4.69, 9.17) is 5.11 Å². The molecule has 0 aliphatic rings. The third-order valence-corrected chi connectivity index (χ3v) is 3.39. The van der Waals surface area contributed by atoms with Gasteiger partial charge in [0, 0.05) is 18.8 Å². The van der Waals surface area contributed by atoms with Crippen molar-refractivity contribution in [1.29, 1.82) is 0 Å². The Morgan fingerprint density at radius 1 is 1.04 bits per heavy atom. The van der Waals surface area contributed by atoms with Gasteiger partial charge in [-0.25, -0.2) is 4.39 Å². The minimum atomic E-state index is -4.52. The maximum absolute atomic E-state index is 14.0. The highest BCUT2D eigenvalue weighted by molar-refractivity contribution is 5.56. The number of nitrogens with one attached hydrogen (secondary N) is 2. The number of hydrogen-bond acceptors (Lipinski definition) is 3. The van der Waals surface area contributed by atoms with E-state index < -0.39 is 18.0 Å². The lowest BCUT2D eigenvalue weighted by molar-refractivity contribution is -0.144. The predicted molar refractivity (Wildman–Crippen MR) is 85.5 cm³/mol. The fourth-order valence-electron chi connectivity index (χ4n) is 2.22. The van der Waals surface area contributed by atoms with E-state index in [2.05, 4.69) is 10.6 Å². The SMILES string of the molecule is OCCCNc1ccc(NC(c2ccccc2)C(F)(F)F)cc1F. The van der Waals surface area contributed by atoms with Crippen molar-refractivity contribution in [2.24, 2.45) is 0 Å². The Hall–Kier alpha value is -2.28. The second-order valence-electron chi connectivity index (χ2n) is 5.23. The molecule has 0 saturated heterocycles. The first-order valence-electron chi connectivity index (χ1n) is 7.44. The van der Waals surface area contributed by atoms with Crippen LogP contribution in [0.2, 0.25) is 0 Å². The molecule has 0 heterocycles. The fourth-order valence-corrected chi connectivity index (χ4v) is 2.22. The van der Waals surface area contributed by atoms with Gasteiger partial charge in [-0.3, -0.25) is 0 Å². The molecule has 3 N–H and O–H groups in total. The molecule has 0 aliphatic carbocycles. The first kappa shape index (κ1) is 18.1. The van der Waals surface area contributed by atoms with E-state index in [9.17, 15) is 17.6 Å². The zero-order chi connectivity index (χ0) is 17.6. The molecule has 0 aliphatic heterocycles. The molecule has 0 bridgehead atoms. The number of benzene rings is 2. The van der Waals surface area contributed by atoms with E-state index >= 15 is 0 Å². The molecule has 0 fully saturated rings. The molecule has 0 aromatic heterocycles. The summed E-state index contributed by atoms with van der Waals surface area (Å²) >= 11 is 0. The summed E-state index contributed by atoms with van der Waals surface area (Å²) in [4.78, 5) is 0. The molecule has 1 atom stereocenters. The van der Waals surface area contributed by atoms with Crippen LogP contribution in [0.5, 0.6) is 0 Å². The Labute approximate surface area is 137 Å². The average Bonchev–Trinajstić information content (AvgIpc) is 2.54. The van der Waals surface area contributed by atoms with Crippen LogP contribution in [-0.4, -0.2) is 24.4 Å². The van der Waals surface area contributed by atoms with Gasteiger partial charge in [0.05, 0.1) is 5.69 Å². The van der Waals surface area contributed by atoms with E-state index in [1.165, 1.54) is 36.4 Å². The van der Waals surface area contributed by atoms with E-state index in [0.717, 1.165) is 6.07 Å². The van der Waals surface area contributed by atoms with Gasteiger partial charge in [-0.2, -0.15) is 13.2 Å². The maximum atomic E-state index is 14.0. The first-order valence-corrected chi connectivity index (χ1v) is 7.44. The van der Waals surface area contributed by atoms with Crippen LogP contribution in [0, 0.1) is 5.82 Å². The van der Waals surface area contributed by atoms with Crippen molar-refractivity contribution < 1.29 is 22.7 Å². The summed E-state index contributed by atoms with van der Waals surface area (Å²) in [7, 11) is 0. The van der Waals surface area contributed by atoms with Crippen molar-refractivity contribution in [3.05, 3.63) is 59.9 Å². The van der Waals surface area contributed by atoms with Crippen LogP contribution in [-0.2, 0) is 0 Å². The minimum Gasteiger partial charge on any atom is -0.396 e. The molecule has 7 heteroatoms. The highest BCUT2D eigenvalue weighted by Gasteiger charge is 2.40. The number of halogens is 4. The molecule has 0 saturated carbocycles. The van der Waals surface area contributed by atoms with Crippen LogP contribution in [0.3, 0.4) is 0 Å². The first-order chi connectivity index (χ1) is 11.4. The second-order valence-corrected chi connectivity index (χ2v) is 5.23. The van der Waals surface area contributed by atoms with Gasteiger partial charge >= 0.3 is 6.18 Å². The minimum absolute atomic E-state index is 0.0292. The zero-order valence-corrected chi connectivity index (χ0v) is 12.8. The third kappa shape index (κ3) is 4.86. The standard InChI is InChI=1S/C17H18F4N2O/c18-14-11-13(7-8-15(14)22-9-4-10-24)23-16(17(19,20)21)12-5-2-1-3-6-12/h1-3,5-8,11,16,22-24H,4,9-10H2. The van der Waals surface area contributed by atoms with Crippen molar-refractivity contribution in [3.8, 4) is 0 Å². The number of anilines is 2. The predicted octanol–water partition coefficient (Wildman–Crippen LogP) is 4.34. The van der Waals surface area contributed by atoms with Crippen molar-refractivity contribution >= 4 is 11.4 Å². The van der Waals surface area contributed by atoms with Crippen LogP contribution < -0.4 is 10.6 Å². The summed E-state index contributed by atoms with van der Waals surface area (Å²) in [5, 5.41) is 13.8.